The van der Waals surface area contributed by atoms with Crippen molar-refractivity contribution in [2.45, 2.75) is 39.2 Å². The molecule has 0 unspecified atom stereocenters. The van der Waals surface area contributed by atoms with E-state index in [2.05, 4.69) is 36.9 Å². The summed E-state index contributed by atoms with van der Waals surface area (Å²) in [6.45, 7) is 8.99. The van der Waals surface area contributed by atoms with Crippen LogP contribution < -0.4 is 5.73 Å². The highest BCUT2D eigenvalue weighted by Gasteiger charge is 2.29. The normalized spacial score (nSPS) is 19.3. The molecular formula is C21H31N4O2. The van der Waals surface area contributed by atoms with Crippen LogP contribution in [0.4, 0.5) is 4.79 Å². The SMILES string of the molecule is Cc1ccc(C[CH]C(=O)N2CCC(N3CCN(C(N)=O)CC3)CC2)cc1C. The summed E-state index contributed by atoms with van der Waals surface area (Å²) in [7, 11) is 0. The number of nitrogens with two attached hydrogens (primary N) is 1. The molecule has 27 heavy (non-hydrogen) atoms. The van der Waals surface area contributed by atoms with Gasteiger partial charge in [-0.2, -0.15) is 0 Å². The summed E-state index contributed by atoms with van der Waals surface area (Å²) < 4.78 is 0. The Morgan fingerprint density at radius 3 is 2.26 bits per heavy atom. The van der Waals surface area contributed by atoms with E-state index in [1.807, 2.05) is 11.3 Å². The molecular weight excluding hydrogens is 340 g/mol. The minimum absolute atomic E-state index is 0.144. The van der Waals surface area contributed by atoms with Crippen molar-refractivity contribution < 1.29 is 9.59 Å². The van der Waals surface area contributed by atoms with Gasteiger partial charge in [0.25, 0.3) is 0 Å². The molecule has 1 radical (unpaired) electrons. The number of benzene rings is 1. The number of rotatable bonds is 4. The van der Waals surface area contributed by atoms with Gasteiger partial charge in [-0.15, -0.1) is 0 Å². The Kier molecular flexibility index (Phi) is 6.37. The number of carbonyl (C=O) groups is 2. The summed E-state index contributed by atoms with van der Waals surface area (Å²) in [5.74, 6) is 0.144. The van der Waals surface area contributed by atoms with Crippen molar-refractivity contribution in [3.05, 3.63) is 41.3 Å². The fraction of sp³-hybridized carbons (Fsp3) is 0.571. The van der Waals surface area contributed by atoms with E-state index in [0.29, 0.717) is 25.6 Å². The molecule has 2 aliphatic heterocycles. The molecule has 2 saturated heterocycles. The fourth-order valence-corrected chi connectivity index (χ4v) is 4.02. The lowest BCUT2D eigenvalue weighted by Gasteiger charge is -2.42. The number of amides is 3. The molecule has 2 heterocycles. The molecule has 6 nitrogen and oxygen atoms in total. The molecule has 1 aromatic carbocycles. The quantitative estimate of drug-likeness (QED) is 0.876. The molecule has 0 aromatic heterocycles. The molecule has 1 aromatic rings. The Balaban J connectivity index is 1.41. The van der Waals surface area contributed by atoms with Crippen molar-refractivity contribution in [1.29, 1.82) is 0 Å². The number of nitrogens with zero attached hydrogens (tertiary/aromatic N) is 3. The highest BCUT2D eigenvalue weighted by atomic mass is 16.2. The summed E-state index contributed by atoms with van der Waals surface area (Å²) in [5.41, 5.74) is 9.09. The van der Waals surface area contributed by atoms with E-state index in [0.717, 1.165) is 39.0 Å². The van der Waals surface area contributed by atoms with Crippen LogP contribution in [0.5, 0.6) is 0 Å². The first kappa shape index (κ1) is 19.7. The lowest BCUT2D eigenvalue weighted by Crippen LogP contribution is -2.55. The molecule has 147 valence electrons. The Bertz CT molecular complexity index is 675. The third-order valence-electron chi connectivity index (χ3n) is 6.00. The standard InChI is InChI=1S/C21H31N4O2/c1-16-3-4-18(15-17(16)2)5-6-20(26)24-9-7-19(8-10-24)23-11-13-25(14-12-23)21(22)27/h3-4,6,15,19H,5,7-14H2,1-2H3,(H2,22,27). The van der Waals surface area contributed by atoms with Gasteiger partial charge in [0.05, 0.1) is 6.42 Å². The number of piperidine rings is 1. The van der Waals surface area contributed by atoms with Crippen LogP contribution in [-0.2, 0) is 11.2 Å². The Morgan fingerprint density at radius 2 is 1.67 bits per heavy atom. The first-order chi connectivity index (χ1) is 12.9. The van der Waals surface area contributed by atoms with Crippen LogP contribution in [0.25, 0.3) is 0 Å². The van der Waals surface area contributed by atoms with Crippen LogP contribution in [0.15, 0.2) is 18.2 Å². The molecule has 2 aliphatic rings. The fourth-order valence-electron chi connectivity index (χ4n) is 4.02. The van der Waals surface area contributed by atoms with Gasteiger partial charge >= 0.3 is 6.03 Å². The molecule has 0 saturated carbocycles. The summed E-state index contributed by atoms with van der Waals surface area (Å²) in [4.78, 5) is 29.9. The molecule has 3 rings (SSSR count). The first-order valence-electron chi connectivity index (χ1n) is 9.90. The van der Waals surface area contributed by atoms with Gasteiger partial charge in [0.1, 0.15) is 0 Å². The Labute approximate surface area is 162 Å². The maximum absolute atomic E-state index is 12.5. The number of aryl methyl sites for hydroxylation is 2. The molecule has 2 N–H and O–H groups in total. The molecule has 0 bridgehead atoms. The van der Waals surface area contributed by atoms with Crippen molar-refractivity contribution in [2.75, 3.05) is 39.3 Å². The van der Waals surface area contributed by atoms with E-state index in [4.69, 9.17) is 5.73 Å². The predicted octanol–water partition coefficient (Wildman–Crippen LogP) is 1.74. The van der Waals surface area contributed by atoms with Crippen LogP contribution in [0.1, 0.15) is 29.5 Å². The second-order valence-corrected chi connectivity index (χ2v) is 7.74. The molecule has 6 heteroatoms. The number of primary amides is 1. The molecule has 0 atom stereocenters. The van der Waals surface area contributed by atoms with Gasteiger partial charge < -0.3 is 15.5 Å². The van der Waals surface area contributed by atoms with E-state index in [1.165, 1.54) is 16.7 Å². The summed E-state index contributed by atoms with van der Waals surface area (Å²) in [6.07, 6.45) is 4.50. The maximum Gasteiger partial charge on any atom is 0.314 e. The van der Waals surface area contributed by atoms with Gasteiger partial charge in [0.2, 0.25) is 5.91 Å². The van der Waals surface area contributed by atoms with E-state index in [1.54, 1.807) is 4.90 Å². The third kappa shape index (κ3) is 5.01. The number of likely N-dealkylation sites (tertiary alicyclic amines) is 1. The zero-order valence-electron chi connectivity index (χ0n) is 16.5. The van der Waals surface area contributed by atoms with Crippen LogP contribution in [-0.4, -0.2) is 71.9 Å². The van der Waals surface area contributed by atoms with Gasteiger partial charge in [0.15, 0.2) is 0 Å². The monoisotopic (exact) mass is 371 g/mol. The maximum atomic E-state index is 12.5. The highest BCUT2D eigenvalue weighted by Crippen LogP contribution is 2.19. The number of carbonyl (C=O) groups excluding carboxylic acids is 2. The van der Waals surface area contributed by atoms with Gasteiger partial charge in [-0.25, -0.2) is 4.79 Å². The lowest BCUT2D eigenvalue weighted by atomic mass is 10.0. The van der Waals surface area contributed by atoms with Crippen LogP contribution in [0.2, 0.25) is 0 Å². The van der Waals surface area contributed by atoms with E-state index >= 15 is 0 Å². The average Bonchev–Trinajstić information content (AvgIpc) is 2.69. The minimum Gasteiger partial charge on any atom is -0.351 e. The number of hydrogen-bond donors (Lipinski definition) is 1. The molecule has 3 amide bonds. The number of urea groups is 1. The van der Waals surface area contributed by atoms with Crippen LogP contribution in [0, 0.1) is 20.3 Å². The zero-order valence-corrected chi connectivity index (χ0v) is 16.5. The van der Waals surface area contributed by atoms with Gasteiger partial charge in [-0.1, -0.05) is 18.2 Å². The van der Waals surface area contributed by atoms with E-state index < -0.39 is 0 Å². The zero-order chi connectivity index (χ0) is 19.4. The highest BCUT2D eigenvalue weighted by molar-refractivity contribution is 5.85. The summed E-state index contributed by atoms with van der Waals surface area (Å²) >= 11 is 0. The molecule has 0 aliphatic carbocycles. The van der Waals surface area contributed by atoms with Crippen LogP contribution >= 0.6 is 0 Å². The lowest BCUT2D eigenvalue weighted by molar-refractivity contribution is -0.129. The van der Waals surface area contributed by atoms with Gasteiger partial charge in [-0.3, -0.25) is 9.69 Å². The first-order valence-corrected chi connectivity index (χ1v) is 9.90. The second-order valence-electron chi connectivity index (χ2n) is 7.74. The van der Waals surface area contributed by atoms with Crippen LogP contribution in [0.3, 0.4) is 0 Å². The van der Waals surface area contributed by atoms with Gasteiger partial charge in [0, 0.05) is 45.3 Å². The van der Waals surface area contributed by atoms with Crippen molar-refractivity contribution >= 4 is 11.9 Å². The third-order valence-corrected chi connectivity index (χ3v) is 6.00. The van der Waals surface area contributed by atoms with E-state index in [-0.39, 0.29) is 11.9 Å². The Hall–Kier alpha value is -2.08. The average molecular weight is 372 g/mol. The van der Waals surface area contributed by atoms with Crippen molar-refractivity contribution in [3.63, 3.8) is 0 Å². The predicted molar refractivity (Wildman–Crippen MR) is 106 cm³/mol. The summed E-state index contributed by atoms with van der Waals surface area (Å²) in [5, 5.41) is 0. The van der Waals surface area contributed by atoms with Crippen molar-refractivity contribution in [3.8, 4) is 0 Å². The van der Waals surface area contributed by atoms with Crippen molar-refractivity contribution in [1.82, 2.24) is 14.7 Å². The number of piperazine rings is 1. The van der Waals surface area contributed by atoms with Crippen molar-refractivity contribution in [2.24, 2.45) is 5.73 Å². The molecule has 0 spiro atoms. The van der Waals surface area contributed by atoms with E-state index in [9.17, 15) is 9.59 Å². The topological polar surface area (TPSA) is 69.9 Å². The largest absolute Gasteiger partial charge is 0.351 e. The summed E-state index contributed by atoms with van der Waals surface area (Å²) in [6, 6.07) is 6.56. The second kappa shape index (κ2) is 8.74. The number of hydrogen-bond acceptors (Lipinski definition) is 3. The Morgan fingerprint density at radius 1 is 1.00 bits per heavy atom. The van der Waals surface area contributed by atoms with Gasteiger partial charge in [-0.05, 0) is 49.8 Å². The minimum atomic E-state index is -0.325. The molecule has 2 fully saturated rings. The smallest absolute Gasteiger partial charge is 0.314 e.